The van der Waals surface area contributed by atoms with E-state index in [1.165, 1.54) is 12.1 Å². The standard InChI is InChI=1S/C44H39FN2O2/c1-43(2,3)32-17-21-38(48)31(23-32)26-46-40-35-13-8-7-10-28(35)16-20-36(40)42-47-41-37(24-33(44(4,5)6)25-39(41)49-42)30-12-9-11-29(22-30)27-14-18-34(45)19-15-27/h7-26,48H,1-6H3. The number of hydrogen-bond acceptors (Lipinski definition) is 4. The number of oxazole rings is 1. The molecule has 7 rings (SSSR count). The molecule has 0 bridgehead atoms. The summed E-state index contributed by atoms with van der Waals surface area (Å²) in [4.78, 5) is 10.2. The number of fused-ring (bicyclic) bond motifs is 2. The highest BCUT2D eigenvalue weighted by atomic mass is 19.1. The number of aromatic nitrogens is 1. The normalized spacial score (nSPS) is 12.4. The second-order valence-corrected chi connectivity index (χ2v) is 14.7. The van der Waals surface area contributed by atoms with Crippen LogP contribution in [0.1, 0.15) is 58.2 Å². The first kappa shape index (κ1) is 32.0. The fourth-order valence-corrected chi connectivity index (χ4v) is 6.13. The Morgan fingerprint density at radius 1 is 0.673 bits per heavy atom. The molecular formula is C44H39FN2O2. The number of halogens is 1. The van der Waals surface area contributed by atoms with Crippen molar-refractivity contribution in [2.45, 2.75) is 52.4 Å². The summed E-state index contributed by atoms with van der Waals surface area (Å²) < 4.78 is 20.3. The Labute approximate surface area is 286 Å². The van der Waals surface area contributed by atoms with Gasteiger partial charge in [-0.2, -0.15) is 0 Å². The molecule has 49 heavy (non-hydrogen) atoms. The van der Waals surface area contributed by atoms with E-state index in [2.05, 4.69) is 77.9 Å². The van der Waals surface area contributed by atoms with Gasteiger partial charge in [0, 0.05) is 22.7 Å². The molecule has 0 atom stereocenters. The largest absolute Gasteiger partial charge is 0.507 e. The van der Waals surface area contributed by atoms with E-state index in [1.54, 1.807) is 24.4 Å². The SMILES string of the molecule is CC(C)(C)c1ccc(O)c(C=Nc2c(-c3nc4c(-c5cccc(-c6ccc(F)cc6)c5)cc(C(C)(C)C)cc4o3)ccc3ccccc23)c1. The van der Waals surface area contributed by atoms with Crippen molar-refractivity contribution >= 4 is 33.8 Å². The maximum absolute atomic E-state index is 13.7. The highest BCUT2D eigenvalue weighted by Gasteiger charge is 2.23. The smallest absolute Gasteiger partial charge is 0.229 e. The van der Waals surface area contributed by atoms with Crippen LogP contribution in [-0.4, -0.2) is 16.3 Å². The maximum Gasteiger partial charge on any atom is 0.229 e. The van der Waals surface area contributed by atoms with Crippen LogP contribution in [0.5, 0.6) is 5.75 Å². The monoisotopic (exact) mass is 646 g/mol. The molecule has 244 valence electrons. The van der Waals surface area contributed by atoms with Crippen LogP contribution < -0.4 is 0 Å². The average molecular weight is 647 g/mol. The number of nitrogens with zero attached hydrogens (tertiary/aromatic N) is 2. The third-order valence-electron chi connectivity index (χ3n) is 9.07. The van der Waals surface area contributed by atoms with Gasteiger partial charge in [0.1, 0.15) is 17.1 Å². The molecule has 0 saturated carbocycles. The van der Waals surface area contributed by atoms with Gasteiger partial charge in [-0.1, -0.05) is 108 Å². The Kier molecular flexibility index (Phi) is 7.95. The highest BCUT2D eigenvalue weighted by molar-refractivity contribution is 6.03. The van der Waals surface area contributed by atoms with Gasteiger partial charge in [-0.25, -0.2) is 9.37 Å². The van der Waals surface area contributed by atoms with Gasteiger partial charge in [-0.3, -0.25) is 4.99 Å². The van der Waals surface area contributed by atoms with E-state index in [9.17, 15) is 9.50 Å². The van der Waals surface area contributed by atoms with Crippen LogP contribution in [0.2, 0.25) is 0 Å². The number of aromatic hydroxyl groups is 1. The van der Waals surface area contributed by atoms with Crippen LogP contribution in [0.3, 0.4) is 0 Å². The minimum Gasteiger partial charge on any atom is -0.507 e. The van der Waals surface area contributed by atoms with Crippen molar-refractivity contribution in [2.75, 3.05) is 0 Å². The van der Waals surface area contributed by atoms with Gasteiger partial charge in [0.05, 0.1) is 11.3 Å². The van der Waals surface area contributed by atoms with Gasteiger partial charge in [-0.05, 0) is 92.6 Å². The average Bonchev–Trinajstić information content (AvgIpc) is 3.51. The van der Waals surface area contributed by atoms with Crippen LogP contribution in [0.25, 0.3) is 55.6 Å². The lowest BCUT2D eigenvalue weighted by atomic mass is 9.84. The van der Waals surface area contributed by atoms with Crippen molar-refractivity contribution in [3.8, 4) is 39.5 Å². The van der Waals surface area contributed by atoms with Crippen LogP contribution in [0, 0.1) is 5.82 Å². The van der Waals surface area contributed by atoms with Gasteiger partial charge >= 0.3 is 0 Å². The first-order valence-corrected chi connectivity index (χ1v) is 16.6. The Balaban J connectivity index is 1.41. The summed E-state index contributed by atoms with van der Waals surface area (Å²) >= 11 is 0. The fraction of sp³-hybridized carbons (Fsp3) is 0.182. The van der Waals surface area contributed by atoms with Crippen LogP contribution in [0.15, 0.2) is 125 Å². The van der Waals surface area contributed by atoms with E-state index in [1.807, 2.05) is 48.5 Å². The third-order valence-corrected chi connectivity index (χ3v) is 9.07. The predicted octanol–water partition coefficient (Wildman–Crippen LogP) is 12.2. The van der Waals surface area contributed by atoms with E-state index in [4.69, 9.17) is 14.4 Å². The summed E-state index contributed by atoms with van der Waals surface area (Å²) in [5.74, 6) is 0.368. The highest BCUT2D eigenvalue weighted by Crippen LogP contribution is 2.42. The summed E-state index contributed by atoms with van der Waals surface area (Å²) in [6.45, 7) is 13.0. The quantitative estimate of drug-likeness (QED) is 0.189. The lowest BCUT2D eigenvalue weighted by Gasteiger charge is -2.20. The zero-order valence-electron chi connectivity index (χ0n) is 28.7. The third kappa shape index (κ3) is 6.37. The van der Waals surface area contributed by atoms with E-state index in [0.717, 1.165) is 55.2 Å². The van der Waals surface area contributed by atoms with Crippen LogP contribution >= 0.6 is 0 Å². The molecule has 6 aromatic carbocycles. The van der Waals surface area contributed by atoms with Crippen molar-refractivity contribution in [1.29, 1.82) is 0 Å². The molecule has 0 aliphatic carbocycles. The lowest BCUT2D eigenvalue weighted by molar-refractivity contribution is 0.473. The second-order valence-electron chi connectivity index (χ2n) is 14.7. The summed E-state index contributed by atoms with van der Waals surface area (Å²) in [5, 5.41) is 12.8. The first-order valence-electron chi connectivity index (χ1n) is 16.6. The Morgan fingerprint density at radius 3 is 2.16 bits per heavy atom. The molecule has 0 aliphatic heterocycles. The minimum atomic E-state index is -0.262. The number of phenols is 1. The molecule has 0 fully saturated rings. The molecule has 0 unspecified atom stereocenters. The molecule has 0 aliphatic rings. The van der Waals surface area contributed by atoms with Crippen molar-refractivity contribution in [3.05, 3.63) is 138 Å². The molecule has 1 heterocycles. The van der Waals surface area contributed by atoms with E-state index >= 15 is 0 Å². The summed E-state index contributed by atoms with van der Waals surface area (Å²) in [6.07, 6.45) is 1.72. The second kappa shape index (κ2) is 12.2. The molecule has 4 nitrogen and oxygen atoms in total. The summed E-state index contributed by atoms with van der Waals surface area (Å²) in [6, 6.07) is 36.9. The van der Waals surface area contributed by atoms with Gasteiger partial charge in [0.15, 0.2) is 5.58 Å². The van der Waals surface area contributed by atoms with Crippen molar-refractivity contribution in [2.24, 2.45) is 4.99 Å². The molecule has 0 spiro atoms. The maximum atomic E-state index is 13.7. The Hall–Kier alpha value is -5.55. The molecule has 0 amide bonds. The van der Waals surface area contributed by atoms with Gasteiger partial charge in [0.2, 0.25) is 5.89 Å². The van der Waals surface area contributed by atoms with Gasteiger partial charge in [-0.15, -0.1) is 0 Å². The predicted molar refractivity (Wildman–Crippen MR) is 201 cm³/mol. The fourth-order valence-electron chi connectivity index (χ4n) is 6.13. The number of aliphatic imine (C=N–C) groups is 1. The van der Waals surface area contributed by atoms with Crippen LogP contribution in [0.4, 0.5) is 10.1 Å². The van der Waals surface area contributed by atoms with Crippen molar-refractivity contribution < 1.29 is 13.9 Å². The number of benzene rings is 6. The molecule has 0 radical (unpaired) electrons. The zero-order valence-corrected chi connectivity index (χ0v) is 28.7. The Morgan fingerprint density at radius 2 is 1.41 bits per heavy atom. The number of hydrogen-bond donors (Lipinski definition) is 1. The number of rotatable bonds is 5. The zero-order chi connectivity index (χ0) is 34.5. The van der Waals surface area contributed by atoms with Crippen molar-refractivity contribution in [1.82, 2.24) is 4.98 Å². The van der Waals surface area contributed by atoms with Gasteiger partial charge in [0.25, 0.3) is 0 Å². The van der Waals surface area contributed by atoms with E-state index in [-0.39, 0.29) is 22.4 Å². The molecule has 7 aromatic rings. The van der Waals surface area contributed by atoms with Crippen molar-refractivity contribution in [3.63, 3.8) is 0 Å². The molecule has 1 N–H and O–H groups in total. The van der Waals surface area contributed by atoms with Gasteiger partial charge < -0.3 is 9.52 Å². The molecule has 5 heteroatoms. The minimum absolute atomic E-state index is 0.0821. The molecular weight excluding hydrogens is 607 g/mol. The van der Waals surface area contributed by atoms with Crippen LogP contribution in [-0.2, 0) is 10.8 Å². The van der Waals surface area contributed by atoms with E-state index < -0.39 is 0 Å². The molecule has 1 aromatic heterocycles. The van der Waals surface area contributed by atoms with E-state index in [0.29, 0.717) is 22.7 Å². The molecule has 0 saturated heterocycles. The first-order chi connectivity index (χ1) is 23.3. The number of phenolic OH excluding ortho intramolecular Hbond substituents is 1. The summed E-state index contributed by atoms with van der Waals surface area (Å²) in [5.41, 5.74) is 9.40. The summed E-state index contributed by atoms with van der Waals surface area (Å²) in [7, 11) is 0. The Bertz CT molecular complexity index is 2370. The lowest BCUT2D eigenvalue weighted by Crippen LogP contribution is -2.11. The topological polar surface area (TPSA) is 58.6 Å².